The number of H-pyrrole nitrogens is 1. The van der Waals surface area contributed by atoms with Crippen LogP contribution >= 0.6 is 0 Å². The van der Waals surface area contributed by atoms with Crippen LogP contribution in [0.25, 0.3) is 11.5 Å². The second-order valence-corrected chi connectivity index (χ2v) is 4.42. The fraction of sp³-hybridized carbons (Fsp3) is 0.0714. The molecule has 1 aromatic carbocycles. The van der Waals surface area contributed by atoms with Crippen LogP contribution in [0.1, 0.15) is 5.82 Å². The number of hydrogen-bond acceptors (Lipinski definition) is 4. The summed E-state index contributed by atoms with van der Waals surface area (Å²) >= 11 is 0. The maximum atomic E-state index is 12.8. The first kappa shape index (κ1) is 14.9. The van der Waals surface area contributed by atoms with Crippen LogP contribution in [-0.2, 0) is 6.18 Å². The van der Waals surface area contributed by atoms with Crippen molar-refractivity contribution in [1.82, 2.24) is 20.2 Å². The molecule has 3 rings (SSSR count). The second-order valence-electron chi connectivity index (χ2n) is 4.42. The summed E-state index contributed by atoms with van der Waals surface area (Å²) < 4.78 is 55.8. The molecule has 2 aromatic heterocycles. The molecule has 9 heteroatoms. The Labute approximate surface area is 127 Å². The first-order chi connectivity index (χ1) is 10.9. The smallest absolute Gasteiger partial charge is 0.439 e. The van der Waals surface area contributed by atoms with Crippen LogP contribution in [0.2, 0.25) is 0 Å². The molecule has 3 aromatic rings. The van der Waals surface area contributed by atoms with Crippen LogP contribution in [0.15, 0.2) is 42.5 Å². The molecule has 23 heavy (non-hydrogen) atoms. The molecule has 0 fully saturated rings. The number of rotatable bonds is 3. The molecule has 0 amide bonds. The van der Waals surface area contributed by atoms with Crippen LogP contribution in [-0.4, -0.2) is 20.2 Å². The lowest BCUT2D eigenvalue weighted by molar-refractivity contribution is -0.144. The average Bonchev–Trinajstić information content (AvgIpc) is 3.00. The highest BCUT2D eigenvalue weighted by molar-refractivity contribution is 5.49. The Morgan fingerprint density at radius 2 is 1.70 bits per heavy atom. The molecule has 118 valence electrons. The van der Waals surface area contributed by atoms with E-state index in [0.29, 0.717) is 5.75 Å². The largest absolute Gasteiger partial charge is 0.451 e. The van der Waals surface area contributed by atoms with Crippen molar-refractivity contribution in [2.75, 3.05) is 0 Å². The van der Waals surface area contributed by atoms with Gasteiger partial charge in [-0.15, -0.1) is 0 Å². The molecule has 0 saturated heterocycles. The van der Waals surface area contributed by atoms with E-state index in [0.717, 1.165) is 0 Å². The van der Waals surface area contributed by atoms with Gasteiger partial charge in [-0.05, 0) is 30.3 Å². The Morgan fingerprint density at radius 1 is 0.957 bits per heavy atom. The van der Waals surface area contributed by atoms with Gasteiger partial charge in [0, 0.05) is 6.07 Å². The standard InChI is InChI=1S/C14H8F4N4O/c15-8-4-6-9(7-5-8)23-11-3-1-2-10(19-11)12-20-13(22-21-12)14(16,17)18/h1-7H,(H,20,21,22). The number of pyridine rings is 1. The maximum Gasteiger partial charge on any atom is 0.451 e. The number of benzene rings is 1. The number of nitrogens with one attached hydrogen (secondary N) is 1. The van der Waals surface area contributed by atoms with Crippen LogP contribution in [0.5, 0.6) is 11.6 Å². The van der Waals surface area contributed by atoms with Crippen molar-refractivity contribution in [3.63, 3.8) is 0 Å². The number of alkyl halides is 3. The van der Waals surface area contributed by atoms with Gasteiger partial charge in [0.25, 0.3) is 0 Å². The second kappa shape index (κ2) is 5.67. The number of aromatic nitrogens is 4. The third-order valence-corrected chi connectivity index (χ3v) is 2.74. The highest BCUT2D eigenvalue weighted by Crippen LogP contribution is 2.28. The van der Waals surface area contributed by atoms with E-state index in [1.54, 1.807) is 0 Å². The van der Waals surface area contributed by atoms with Crippen molar-refractivity contribution in [2.24, 2.45) is 0 Å². The first-order valence-electron chi connectivity index (χ1n) is 6.32. The number of hydrogen-bond donors (Lipinski definition) is 1. The van der Waals surface area contributed by atoms with Crippen LogP contribution in [0.3, 0.4) is 0 Å². The van der Waals surface area contributed by atoms with Gasteiger partial charge >= 0.3 is 6.18 Å². The summed E-state index contributed by atoms with van der Waals surface area (Å²) in [6, 6.07) is 9.71. The van der Waals surface area contributed by atoms with E-state index < -0.39 is 17.8 Å². The average molecular weight is 324 g/mol. The Hall–Kier alpha value is -2.97. The molecule has 0 radical (unpaired) electrons. The topological polar surface area (TPSA) is 63.7 Å². The zero-order valence-electron chi connectivity index (χ0n) is 11.3. The summed E-state index contributed by atoms with van der Waals surface area (Å²) in [7, 11) is 0. The Morgan fingerprint density at radius 3 is 2.35 bits per heavy atom. The number of aromatic amines is 1. The van der Waals surface area contributed by atoms with Gasteiger partial charge in [0.2, 0.25) is 11.7 Å². The molecule has 1 N–H and O–H groups in total. The number of nitrogens with zero attached hydrogens (tertiary/aromatic N) is 3. The summed E-state index contributed by atoms with van der Waals surface area (Å²) in [6.45, 7) is 0. The minimum Gasteiger partial charge on any atom is -0.439 e. The monoisotopic (exact) mass is 324 g/mol. The molecule has 0 aliphatic rings. The molecule has 0 aliphatic carbocycles. The zero-order valence-corrected chi connectivity index (χ0v) is 11.3. The number of ether oxygens (including phenoxy) is 1. The Kier molecular flexibility index (Phi) is 3.68. The Balaban J connectivity index is 1.85. The Bertz CT molecular complexity index is 814. The fourth-order valence-corrected chi connectivity index (χ4v) is 1.72. The normalized spacial score (nSPS) is 11.5. The van der Waals surface area contributed by atoms with Crippen molar-refractivity contribution in [3.05, 3.63) is 54.1 Å². The van der Waals surface area contributed by atoms with Gasteiger partial charge in [0.1, 0.15) is 17.3 Å². The molecule has 0 spiro atoms. The summed E-state index contributed by atoms with van der Waals surface area (Å²) in [5, 5.41) is 5.30. The van der Waals surface area contributed by atoms with Gasteiger partial charge in [-0.1, -0.05) is 6.07 Å². The molecule has 0 saturated carbocycles. The summed E-state index contributed by atoms with van der Waals surface area (Å²) in [6.07, 6.45) is -4.62. The van der Waals surface area contributed by atoms with Gasteiger partial charge in [-0.3, -0.25) is 5.10 Å². The fourth-order valence-electron chi connectivity index (χ4n) is 1.72. The summed E-state index contributed by atoms with van der Waals surface area (Å²) in [5.41, 5.74) is 0.108. The lowest BCUT2D eigenvalue weighted by atomic mass is 10.3. The maximum absolute atomic E-state index is 12.8. The van der Waals surface area contributed by atoms with Crippen LogP contribution < -0.4 is 4.74 Å². The van der Waals surface area contributed by atoms with E-state index >= 15 is 0 Å². The molecule has 0 unspecified atom stereocenters. The minimum absolute atomic E-state index is 0.108. The molecule has 5 nitrogen and oxygen atoms in total. The van der Waals surface area contributed by atoms with E-state index in [4.69, 9.17) is 4.74 Å². The van der Waals surface area contributed by atoms with Gasteiger partial charge in [0.05, 0.1) is 0 Å². The third kappa shape index (κ3) is 3.44. The van der Waals surface area contributed by atoms with E-state index in [1.807, 2.05) is 5.10 Å². The van der Waals surface area contributed by atoms with Gasteiger partial charge in [-0.2, -0.15) is 18.3 Å². The first-order valence-corrected chi connectivity index (χ1v) is 6.32. The van der Waals surface area contributed by atoms with Crippen molar-refractivity contribution in [1.29, 1.82) is 0 Å². The quantitative estimate of drug-likeness (QED) is 0.744. The van der Waals surface area contributed by atoms with E-state index in [9.17, 15) is 17.6 Å². The van der Waals surface area contributed by atoms with E-state index in [-0.39, 0.29) is 17.4 Å². The van der Waals surface area contributed by atoms with Crippen LogP contribution in [0, 0.1) is 5.82 Å². The van der Waals surface area contributed by atoms with E-state index in [1.165, 1.54) is 42.5 Å². The van der Waals surface area contributed by atoms with Crippen molar-refractivity contribution in [2.45, 2.75) is 6.18 Å². The van der Waals surface area contributed by atoms with Crippen molar-refractivity contribution < 1.29 is 22.3 Å². The highest BCUT2D eigenvalue weighted by Gasteiger charge is 2.35. The summed E-state index contributed by atoms with van der Waals surface area (Å²) in [4.78, 5) is 7.38. The highest BCUT2D eigenvalue weighted by atomic mass is 19.4. The number of halogens is 4. The molecular formula is C14H8F4N4O. The lowest BCUT2D eigenvalue weighted by Crippen LogP contribution is -2.07. The van der Waals surface area contributed by atoms with Crippen molar-refractivity contribution >= 4 is 0 Å². The molecular weight excluding hydrogens is 316 g/mol. The van der Waals surface area contributed by atoms with Gasteiger partial charge in [0.15, 0.2) is 5.82 Å². The molecule has 0 bridgehead atoms. The van der Waals surface area contributed by atoms with Crippen LogP contribution in [0.4, 0.5) is 17.6 Å². The SMILES string of the molecule is Fc1ccc(Oc2cccc(-c3n[nH]c(C(F)(F)F)n3)n2)cc1. The predicted molar refractivity (Wildman–Crippen MR) is 71.1 cm³/mol. The van der Waals surface area contributed by atoms with Crippen molar-refractivity contribution in [3.8, 4) is 23.1 Å². The third-order valence-electron chi connectivity index (χ3n) is 2.74. The summed E-state index contributed by atoms with van der Waals surface area (Å²) in [5.74, 6) is -1.38. The zero-order chi connectivity index (χ0) is 16.4. The minimum atomic E-state index is -4.62. The van der Waals surface area contributed by atoms with Gasteiger partial charge in [-0.25, -0.2) is 14.4 Å². The molecule has 0 aliphatic heterocycles. The van der Waals surface area contributed by atoms with E-state index in [2.05, 4.69) is 15.1 Å². The predicted octanol–water partition coefficient (Wildman–Crippen LogP) is 3.82. The van der Waals surface area contributed by atoms with Gasteiger partial charge < -0.3 is 4.74 Å². The lowest BCUT2D eigenvalue weighted by Gasteiger charge is -2.05. The molecule has 2 heterocycles. The molecule has 0 atom stereocenters.